The molecule has 1 N–H and O–H groups in total. The van der Waals surface area contributed by atoms with Gasteiger partial charge in [0, 0.05) is 59.7 Å². The second-order valence-electron chi connectivity index (χ2n) is 8.21. The number of carbonyl (C=O) groups excluding carboxylic acids is 1. The first kappa shape index (κ1) is 20.6. The summed E-state index contributed by atoms with van der Waals surface area (Å²) < 4.78 is 2.10. The summed E-state index contributed by atoms with van der Waals surface area (Å²) in [5.41, 5.74) is 3.84. The number of likely N-dealkylation sites (tertiary alicyclic amines) is 1. The van der Waals surface area contributed by atoms with E-state index in [4.69, 9.17) is 11.6 Å². The van der Waals surface area contributed by atoms with Gasteiger partial charge in [-0.15, -0.1) is 0 Å². The molecule has 32 heavy (non-hydrogen) atoms. The minimum Gasteiger partial charge on any atom is -0.382 e. The van der Waals surface area contributed by atoms with E-state index < -0.39 is 0 Å². The number of hydrogen-bond donors (Lipinski definition) is 1. The maximum absolute atomic E-state index is 13.6. The summed E-state index contributed by atoms with van der Waals surface area (Å²) in [6.07, 6.45) is 5.41. The lowest BCUT2D eigenvalue weighted by Crippen LogP contribution is -2.43. The van der Waals surface area contributed by atoms with Crippen molar-refractivity contribution in [2.75, 3.05) is 18.4 Å². The number of aromatic nitrogens is 2. The number of fused-ring (bicyclic) bond motifs is 1. The Morgan fingerprint density at radius 2 is 1.72 bits per heavy atom. The third kappa shape index (κ3) is 4.21. The van der Waals surface area contributed by atoms with Crippen molar-refractivity contribution in [3.05, 3.63) is 95.4 Å². The van der Waals surface area contributed by atoms with Crippen LogP contribution in [0.5, 0.6) is 0 Å². The molecular weight excluding hydrogens is 420 g/mol. The Morgan fingerprint density at radius 3 is 2.50 bits per heavy atom. The predicted molar refractivity (Wildman–Crippen MR) is 129 cm³/mol. The normalized spacial score (nSPS) is 14.6. The van der Waals surface area contributed by atoms with Crippen LogP contribution >= 0.6 is 11.6 Å². The van der Waals surface area contributed by atoms with Crippen LogP contribution in [0.3, 0.4) is 0 Å². The number of hydrogen-bond acceptors (Lipinski definition) is 3. The number of carbonyl (C=O) groups is 1. The van der Waals surface area contributed by atoms with Crippen LogP contribution in [0.25, 0.3) is 10.9 Å². The van der Waals surface area contributed by atoms with Gasteiger partial charge in [-0.05, 0) is 48.7 Å². The summed E-state index contributed by atoms with van der Waals surface area (Å²) in [5, 5.41) is 5.34. The summed E-state index contributed by atoms with van der Waals surface area (Å²) in [5.74, 6) is 0.0793. The van der Waals surface area contributed by atoms with E-state index >= 15 is 0 Å². The van der Waals surface area contributed by atoms with Crippen LogP contribution in [0.2, 0.25) is 5.02 Å². The van der Waals surface area contributed by atoms with Crippen molar-refractivity contribution in [3.8, 4) is 0 Å². The van der Waals surface area contributed by atoms with Gasteiger partial charge >= 0.3 is 0 Å². The number of amides is 1. The SMILES string of the molecule is O=C(c1cc2ccccc2n1Cc1ccccc1Cl)N1CCC(Nc2ccncc2)CC1. The molecule has 5 rings (SSSR count). The molecule has 1 fully saturated rings. The van der Waals surface area contributed by atoms with Gasteiger partial charge in [0.05, 0.1) is 0 Å². The van der Waals surface area contributed by atoms with Gasteiger partial charge in [-0.2, -0.15) is 0 Å². The van der Waals surface area contributed by atoms with Crippen molar-refractivity contribution < 1.29 is 4.79 Å². The maximum Gasteiger partial charge on any atom is 0.270 e. The van der Waals surface area contributed by atoms with Crippen LogP contribution in [-0.4, -0.2) is 39.5 Å². The van der Waals surface area contributed by atoms with Gasteiger partial charge in [0.1, 0.15) is 5.69 Å². The number of nitrogens with zero attached hydrogens (tertiary/aromatic N) is 3. The highest BCUT2D eigenvalue weighted by molar-refractivity contribution is 6.31. The Hall–Kier alpha value is -3.31. The number of halogens is 1. The van der Waals surface area contributed by atoms with E-state index in [-0.39, 0.29) is 5.91 Å². The summed E-state index contributed by atoms with van der Waals surface area (Å²) in [6, 6.07) is 22.3. The van der Waals surface area contributed by atoms with Crippen LogP contribution in [0.4, 0.5) is 5.69 Å². The Kier molecular flexibility index (Phi) is 5.82. The quantitative estimate of drug-likeness (QED) is 0.445. The minimum absolute atomic E-state index is 0.0793. The van der Waals surface area contributed by atoms with Gasteiger partial charge in [-0.25, -0.2) is 0 Å². The fourth-order valence-corrected chi connectivity index (χ4v) is 4.62. The largest absolute Gasteiger partial charge is 0.382 e. The topological polar surface area (TPSA) is 50.2 Å². The van der Waals surface area contributed by atoms with Crippen molar-refractivity contribution in [3.63, 3.8) is 0 Å². The van der Waals surface area contributed by atoms with Crippen LogP contribution in [0.1, 0.15) is 28.9 Å². The molecule has 4 aromatic rings. The molecule has 0 radical (unpaired) electrons. The molecular formula is C26H25ClN4O. The molecule has 2 aromatic carbocycles. The number of para-hydroxylation sites is 1. The molecule has 0 saturated carbocycles. The predicted octanol–water partition coefficient (Wildman–Crippen LogP) is 5.45. The maximum atomic E-state index is 13.6. The number of anilines is 1. The minimum atomic E-state index is 0.0793. The molecule has 0 atom stereocenters. The number of benzene rings is 2. The van der Waals surface area contributed by atoms with Crippen LogP contribution in [-0.2, 0) is 6.54 Å². The van der Waals surface area contributed by atoms with Crippen molar-refractivity contribution >= 4 is 34.1 Å². The second kappa shape index (κ2) is 9.05. The number of pyridine rings is 1. The molecule has 1 aliphatic heterocycles. The molecule has 5 nitrogen and oxygen atoms in total. The Morgan fingerprint density at radius 1 is 1.00 bits per heavy atom. The third-order valence-corrected chi connectivity index (χ3v) is 6.52. The first-order chi connectivity index (χ1) is 15.7. The molecule has 2 aromatic heterocycles. The van der Waals surface area contributed by atoms with Crippen molar-refractivity contribution in [2.45, 2.75) is 25.4 Å². The molecule has 1 aliphatic rings. The van der Waals surface area contributed by atoms with E-state index in [1.54, 1.807) is 12.4 Å². The van der Waals surface area contributed by atoms with E-state index in [1.165, 1.54) is 0 Å². The molecule has 6 heteroatoms. The van der Waals surface area contributed by atoms with E-state index in [0.29, 0.717) is 23.3 Å². The molecule has 0 spiro atoms. The highest BCUT2D eigenvalue weighted by atomic mass is 35.5. The van der Waals surface area contributed by atoms with Gasteiger partial charge in [0.25, 0.3) is 5.91 Å². The Bertz CT molecular complexity index is 1230. The van der Waals surface area contributed by atoms with E-state index in [9.17, 15) is 4.79 Å². The summed E-state index contributed by atoms with van der Waals surface area (Å²) in [4.78, 5) is 19.6. The lowest BCUT2D eigenvalue weighted by Gasteiger charge is -2.33. The monoisotopic (exact) mass is 444 g/mol. The fourth-order valence-electron chi connectivity index (χ4n) is 4.43. The molecule has 3 heterocycles. The van der Waals surface area contributed by atoms with Gasteiger partial charge in [-0.3, -0.25) is 9.78 Å². The van der Waals surface area contributed by atoms with Gasteiger partial charge in [0.15, 0.2) is 0 Å². The van der Waals surface area contributed by atoms with Crippen LogP contribution in [0, 0.1) is 0 Å². The summed E-state index contributed by atoms with van der Waals surface area (Å²) >= 11 is 6.44. The summed E-state index contributed by atoms with van der Waals surface area (Å²) in [6.45, 7) is 2.03. The van der Waals surface area contributed by atoms with Crippen molar-refractivity contribution in [2.24, 2.45) is 0 Å². The third-order valence-electron chi connectivity index (χ3n) is 6.15. The molecule has 0 unspecified atom stereocenters. The van der Waals surface area contributed by atoms with Gasteiger partial charge in [-0.1, -0.05) is 48.0 Å². The van der Waals surface area contributed by atoms with Crippen molar-refractivity contribution in [1.82, 2.24) is 14.5 Å². The smallest absolute Gasteiger partial charge is 0.270 e. The number of nitrogens with one attached hydrogen (secondary N) is 1. The zero-order valence-electron chi connectivity index (χ0n) is 17.7. The molecule has 0 aliphatic carbocycles. The molecule has 1 saturated heterocycles. The highest BCUT2D eigenvalue weighted by Gasteiger charge is 2.26. The molecule has 162 valence electrons. The zero-order valence-corrected chi connectivity index (χ0v) is 18.5. The zero-order chi connectivity index (χ0) is 21.9. The fraction of sp³-hybridized carbons (Fsp3) is 0.231. The average Bonchev–Trinajstić information content (AvgIpc) is 3.20. The van der Waals surface area contributed by atoms with Crippen molar-refractivity contribution in [1.29, 1.82) is 0 Å². The number of piperidine rings is 1. The van der Waals surface area contributed by atoms with Gasteiger partial charge < -0.3 is 14.8 Å². The first-order valence-corrected chi connectivity index (χ1v) is 11.3. The number of rotatable bonds is 5. The second-order valence-corrected chi connectivity index (χ2v) is 8.62. The van der Waals surface area contributed by atoms with E-state index in [0.717, 1.165) is 48.1 Å². The van der Waals surface area contributed by atoms with Crippen LogP contribution < -0.4 is 5.32 Å². The van der Waals surface area contributed by atoms with Crippen LogP contribution in [0.15, 0.2) is 79.1 Å². The van der Waals surface area contributed by atoms with E-state index in [1.807, 2.05) is 59.5 Å². The van der Waals surface area contributed by atoms with Gasteiger partial charge in [0.2, 0.25) is 0 Å². The lowest BCUT2D eigenvalue weighted by molar-refractivity contribution is 0.0708. The average molecular weight is 445 g/mol. The Labute approximate surface area is 192 Å². The first-order valence-electron chi connectivity index (χ1n) is 11.0. The summed E-state index contributed by atoms with van der Waals surface area (Å²) in [7, 11) is 0. The standard InChI is InChI=1S/C26H25ClN4O/c27-23-7-3-1-6-20(23)18-31-24-8-4-2-5-19(24)17-25(31)26(32)30-15-11-22(12-16-30)29-21-9-13-28-14-10-21/h1-10,13-14,17,22H,11-12,15-16,18H2,(H,28,29). The molecule has 0 bridgehead atoms. The molecule has 1 amide bonds. The lowest BCUT2D eigenvalue weighted by atomic mass is 10.0. The highest BCUT2D eigenvalue weighted by Crippen LogP contribution is 2.26. The Balaban J connectivity index is 1.36. The van der Waals surface area contributed by atoms with E-state index in [2.05, 4.69) is 27.0 Å².